The molecule has 0 aliphatic carbocycles. The zero-order valence-electron chi connectivity index (χ0n) is 12.2. The van der Waals surface area contributed by atoms with Gasteiger partial charge < -0.3 is 5.11 Å². The predicted octanol–water partition coefficient (Wildman–Crippen LogP) is 4.62. The first-order valence-electron chi connectivity index (χ1n) is 7.28. The molecule has 1 N–H and O–H groups in total. The van der Waals surface area contributed by atoms with E-state index in [1.165, 1.54) is 12.0 Å². The molecular formula is C18H20OS2. The molecule has 0 bridgehead atoms. The van der Waals surface area contributed by atoms with Crippen molar-refractivity contribution in [1.82, 2.24) is 0 Å². The van der Waals surface area contributed by atoms with Crippen LogP contribution in [-0.2, 0) is 9.68 Å². The highest BCUT2D eigenvalue weighted by Crippen LogP contribution is 2.59. The van der Waals surface area contributed by atoms with Crippen LogP contribution in [0.25, 0.3) is 0 Å². The molecule has 0 aromatic heterocycles. The van der Waals surface area contributed by atoms with Crippen LogP contribution in [0.4, 0.5) is 0 Å². The summed E-state index contributed by atoms with van der Waals surface area (Å²) in [6.07, 6.45) is 1.20. The van der Waals surface area contributed by atoms with Crippen molar-refractivity contribution in [3.05, 3.63) is 71.8 Å². The SMILES string of the molecule is CC(O)(c1ccccc1)C1(c2ccccc2)SCCCS1. The minimum Gasteiger partial charge on any atom is -0.383 e. The van der Waals surface area contributed by atoms with Gasteiger partial charge in [-0.15, -0.1) is 23.5 Å². The molecule has 0 spiro atoms. The van der Waals surface area contributed by atoms with Crippen LogP contribution in [0.1, 0.15) is 24.5 Å². The van der Waals surface area contributed by atoms with Crippen LogP contribution in [-0.4, -0.2) is 16.6 Å². The minimum atomic E-state index is -0.911. The average Bonchev–Trinajstić information content (AvgIpc) is 2.57. The zero-order chi connectivity index (χ0) is 14.8. The van der Waals surface area contributed by atoms with Crippen LogP contribution in [0.3, 0.4) is 0 Å². The maximum atomic E-state index is 11.5. The molecule has 1 heterocycles. The Bertz CT molecular complexity index is 575. The van der Waals surface area contributed by atoms with Crippen LogP contribution >= 0.6 is 23.5 Å². The van der Waals surface area contributed by atoms with Crippen molar-refractivity contribution in [2.75, 3.05) is 11.5 Å². The Morgan fingerprint density at radius 3 is 2.00 bits per heavy atom. The van der Waals surface area contributed by atoms with E-state index in [9.17, 15) is 5.11 Å². The highest BCUT2D eigenvalue weighted by Gasteiger charge is 2.51. The molecule has 1 nitrogen and oxygen atoms in total. The molecule has 1 aliphatic heterocycles. The van der Waals surface area contributed by atoms with Crippen LogP contribution in [0.15, 0.2) is 60.7 Å². The lowest BCUT2D eigenvalue weighted by atomic mass is 9.87. The number of benzene rings is 2. The molecule has 1 atom stereocenters. The van der Waals surface area contributed by atoms with Gasteiger partial charge in [-0.2, -0.15) is 0 Å². The summed E-state index contributed by atoms with van der Waals surface area (Å²) in [5.41, 5.74) is 1.27. The molecular weight excluding hydrogens is 296 g/mol. The quantitative estimate of drug-likeness (QED) is 0.892. The lowest BCUT2D eigenvalue weighted by Crippen LogP contribution is -2.44. The van der Waals surface area contributed by atoms with Gasteiger partial charge in [-0.1, -0.05) is 60.7 Å². The van der Waals surface area contributed by atoms with E-state index in [2.05, 4.69) is 24.3 Å². The Morgan fingerprint density at radius 2 is 1.43 bits per heavy atom. The summed E-state index contributed by atoms with van der Waals surface area (Å²) in [7, 11) is 0. The second kappa shape index (κ2) is 6.07. The van der Waals surface area contributed by atoms with Gasteiger partial charge in [0.1, 0.15) is 9.68 Å². The standard InChI is InChI=1S/C18H20OS2/c1-17(19,15-9-4-2-5-10-15)18(20-13-8-14-21-18)16-11-6-3-7-12-16/h2-7,9-12,19H,8,13-14H2,1H3. The van der Waals surface area contributed by atoms with Gasteiger partial charge in [-0.25, -0.2) is 0 Å². The molecule has 2 aromatic rings. The Morgan fingerprint density at radius 1 is 0.905 bits per heavy atom. The molecule has 3 heteroatoms. The van der Waals surface area contributed by atoms with Crippen LogP contribution in [0, 0.1) is 0 Å². The fourth-order valence-corrected chi connectivity index (χ4v) is 6.44. The summed E-state index contributed by atoms with van der Waals surface area (Å²) < 4.78 is -0.339. The van der Waals surface area contributed by atoms with Gasteiger partial charge in [0, 0.05) is 0 Å². The Kier molecular flexibility index (Phi) is 4.34. The summed E-state index contributed by atoms with van der Waals surface area (Å²) >= 11 is 3.76. The van der Waals surface area contributed by atoms with Crippen molar-refractivity contribution < 1.29 is 5.11 Å². The topological polar surface area (TPSA) is 20.2 Å². The van der Waals surface area contributed by atoms with E-state index >= 15 is 0 Å². The summed E-state index contributed by atoms with van der Waals surface area (Å²) in [6, 6.07) is 20.5. The lowest BCUT2D eigenvalue weighted by Gasteiger charge is -2.47. The first-order chi connectivity index (χ1) is 10.2. The van der Waals surface area contributed by atoms with E-state index < -0.39 is 5.60 Å². The van der Waals surface area contributed by atoms with Crippen molar-refractivity contribution >= 4 is 23.5 Å². The second-order valence-electron chi connectivity index (χ2n) is 5.47. The molecule has 2 aromatic carbocycles. The lowest BCUT2D eigenvalue weighted by molar-refractivity contribution is 0.0425. The van der Waals surface area contributed by atoms with E-state index in [1.54, 1.807) is 0 Å². The van der Waals surface area contributed by atoms with Gasteiger partial charge in [0.15, 0.2) is 0 Å². The molecule has 110 valence electrons. The van der Waals surface area contributed by atoms with Gasteiger partial charge in [0.2, 0.25) is 0 Å². The number of thioether (sulfide) groups is 2. The van der Waals surface area contributed by atoms with Crippen LogP contribution < -0.4 is 0 Å². The maximum Gasteiger partial charge on any atom is 0.119 e. The molecule has 1 saturated heterocycles. The van der Waals surface area contributed by atoms with Gasteiger partial charge in [0.05, 0.1) is 0 Å². The summed E-state index contributed by atoms with van der Waals surface area (Å²) in [4.78, 5) is 0. The van der Waals surface area contributed by atoms with Gasteiger partial charge in [0.25, 0.3) is 0 Å². The molecule has 1 aliphatic rings. The Balaban J connectivity index is 2.12. The fourth-order valence-electron chi connectivity index (χ4n) is 2.87. The zero-order valence-corrected chi connectivity index (χ0v) is 13.8. The summed E-state index contributed by atoms with van der Waals surface area (Å²) in [5, 5.41) is 11.5. The number of hydrogen-bond acceptors (Lipinski definition) is 3. The third-order valence-corrected chi connectivity index (χ3v) is 7.80. The van der Waals surface area contributed by atoms with E-state index in [-0.39, 0.29) is 4.08 Å². The van der Waals surface area contributed by atoms with Crippen molar-refractivity contribution in [2.24, 2.45) is 0 Å². The molecule has 21 heavy (non-hydrogen) atoms. The second-order valence-corrected chi connectivity index (χ2v) is 8.35. The van der Waals surface area contributed by atoms with Gasteiger partial charge in [-0.3, -0.25) is 0 Å². The monoisotopic (exact) mass is 316 g/mol. The molecule has 0 saturated carbocycles. The van der Waals surface area contributed by atoms with Crippen LogP contribution in [0.2, 0.25) is 0 Å². The molecule has 1 fully saturated rings. The van der Waals surface area contributed by atoms with Crippen molar-refractivity contribution in [1.29, 1.82) is 0 Å². The normalized spacial score (nSPS) is 20.7. The predicted molar refractivity (Wildman–Crippen MR) is 93.7 cm³/mol. The average molecular weight is 316 g/mol. The van der Waals surface area contributed by atoms with Crippen molar-refractivity contribution in [3.63, 3.8) is 0 Å². The number of aliphatic hydroxyl groups is 1. The molecule has 3 rings (SSSR count). The molecule has 0 radical (unpaired) electrons. The fraction of sp³-hybridized carbons (Fsp3) is 0.333. The third-order valence-electron chi connectivity index (χ3n) is 4.03. The van der Waals surface area contributed by atoms with Gasteiger partial charge >= 0.3 is 0 Å². The summed E-state index contributed by atoms with van der Waals surface area (Å²) in [6.45, 7) is 1.96. The summed E-state index contributed by atoms with van der Waals surface area (Å²) in [5.74, 6) is 2.18. The van der Waals surface area contributed by atoms with E-state index in [4.69, 9.17) is 0 Å². The smallest absolute Gasteiger partial charge is 0.119 e. The Hall–Kier alpha value is -0.900. The number of hydrogen-bond donors (Lipinski definition) is 1. The van der Waals surface area contributed by atoms with Crippen molar-refractivity contribution in [3.8, 4) is 0 Å². The molecule has 0 amide bonds. The largest absolute Gasteiger partial charge is 0.383 e. The first-order valence-corrected chi connectivity index (χ1v) is 9.25. The molecule has 1 unspecified atom stereocenters. The van der Waals surface area contributed by atoms with Gasteiger partial charge in [-0.05, 0) is 36.0 Å². The van der Waals surface area contributed by atoms with E-state index in [1.807, 2.05) is 66.8 Å². The first kappa shape index (κ1) is 15.0. The maximum absolute atomic E-state index is 11.5. The highest BCUT2D eigenvalue weighted by atomic mass is 32.2. The third kappa shape index (κ3) is 2.63. The van der Waals surface area contributed by atoms with E-state index in [0.717, 1.165) is 17.1 Å². The minimum absolute atomic E-state index is 0.339. The van der Waals surface area contributed by atoms with Crippen LogP contribution in [0.5, 0.6) is 0 Å². The number of rotatable bonds is 3. The van der Waals surface area contributed by atoms with Crippen molar-refractivity contribution in [2.45, 2.75) is 23.0 Å². The van der Waals surface area contributed by atoms with E-state index in [0.29, 0.717) is 0 Å². The highest BCUT2D eigenvalue weighted by molar-refractivity contribution is 8.18. The Labute approximate surface area is 135 Å².